The average molecular weight is 265 g/mol. The molecule has 2 N–H and O–H groups in total. The van der Waals surface area contributed by atoms with Crippen molar-refractivity contribution in [2.75, 3.05) is 7.11 Å². The normalized spacial score (nSPS) is 11.7. The van der Waals surface area contributed by atoms with Gasteiger partial charge < -0.3 is 15.2 Å². The summed E-state index contributed by atoms with van der Waals surface area (Å²) >= 11 is 0. The first-order valence-corrected chi connectivity index (χ1v) is 6.18. The highest BCUT2D eigenvalue weighted by molar-refractivity contribution is 5.77. The summed E-state index contributed by atoms with van der Waals surface area (Å²) in [6.07, 6.45) is 0.571. The van der Waals surface area contributed by atoms with Crippen molar-refractivity contribution in [2.24, 2.45) is 0 Å². The van der Waals surface area contributed by atoms with Crippen molar-refractivity contribution in [2.45, 2.75) is 32.2 Å². The lowest BCUT2D eigenvalue weighted by Gasteiger charge is -2.17. The topological polar surface area (TPSA) is 75.6 Å². The zero-order valence-electron chi connectivity index (χ0n) is 11.2. The summed E-state index contributed by atoms with van der Waals surface area (Å²) in [5, 5.41) is 11.3. The summed E-state index contributed by atoms with van der Waals surface area (Å²) in [6.45, 7) is 1.87. The van der Waals surface area contributed by atoms with Gasteiger partial charge in [-0.25, -0.2) is 0 Å². The highest BCUT2D eigenvalue weighted by Crippen LogP contribution is 2.24. The lowest BCUT2D eigenvalue weighted by molar-refractivity contribution is -0.137. The van der Waals surface area contributed by atoms with Gasteiger partial charge >= 0.3 is 5.97 Å². The Morgan fingerprint density at radius 3 is 2.63 bits per heavy atom. The molecule has 1 atom stereocenters. The van der Waals surface area contributed by atoms with Crippen LogP contribution in [0.1, 0.15) is 37.8 Å². The summed E-state index contributed by atoms with van der Waals surface area (Å²) in [5.41, 5.74) is 0.900. The zero-order chi connectivity index (χ0) is 14.3. The SMILES string of the molecule is COc1ccccc1[C@H](C)NC(=O)CCCC(=O)O. The largest absolute Gasteiger partial charge is 0.496 e. The quantitative estimate of drug-likeness (QED) is 0.792. The molecule has 1 aromatic rings. The Kier molecular flexibility index (Phi) is 5.85. The molecule has 1 rings (SSSR count). The van der Waals surface area contributed by atoms with Gasteiger partial charge in [0.1, 0.15) is 5.75 Å². The Morgan fingerprint density at radius 2 is 2.00 bits per heavy atom. The van der Waals surface area contributed by atoms with Crippen LogP contribution in [0.15, 0.2) is 24.3 Å². The van der Waals surface area contributed by atoms with Crippen molar-refractivity contribution in [3.8, 4) is 5.75 Å². The van der Waals surface area contributed by atoms with Gasteiger partial charge in [-0.1, -0.05) is 18.2 Å². The maximum absolute atomic E-state index is 11.7. The number of carboxylic acid groups (broad SMARTS) is 1. The summed E-state index contributed by atoms with van der Waals surface area (Å²) in [4.78, 5) is 22.0. The Balaban J connectivity index is 2.52. The maximum Gasteiger partial charge on any atom is 0.303 e. The lowest BCUT2D eigenvalue weighted by Crippen LogP contribution is -2.26. The number of hydrogen-bond donors (Lipinski definition) is 2. The summed E-state index contributed by atoms with van der Waals surface area (Å²) in [7, 11) is 1.58. The van der Waals surface area contributed by atoms with Crippen molar-refractivity contribution in [1.82, 2.24) is 5.32 Å². The number of rotatable bonds is 7. The smallest absolute Gasteiger partial charge is 0.303 e. The molecular formula is C14H19NO4. The standard InChI is InChI=1S/C14H19NO4/c1-10(11-6-3-4-7-12(11)19-2)15-13(16)8-5-9-14(17)18/h3-4,6-7,10H,5,8-9H2,1-2H3,(H,15,16)(H,17,18)/t10-/m0/s1. The minimum Gasteiger partial charge on any atom is -0.496 e. The van der Waals surface area contributed by atoms with Crippen LogP contribution < -0.4 is 10.1 Å². The van der Waals surface area contributed by atoms with E-state index in [0.29, 0.717) is 6.42 Å². The number of hydrogen-bond acceptors (Lipinski definition) is 3. The van der Waals surface area contributed by atoms with E-state index in [1.54, 1.807) is 7.11 Å². The number of para-hydroxylation sites is 1. The van der Waals surface area contributed by atoms with Gasteiger partial charge in [0.05, 0.1) is 13.2 Å². The molecule has 0 saturated heterocycles. The zero-order valence-corrected chi connectivity index (χ0v) is 11.2. The van der Waals surface area contributed by atoms with E-state index in [0.717, 1.165) is 11.3 Å². The fraction of sp³-hybridized carbons (Fsp3) is 0.429. The molecule has 5 nitrogen and oxygen atoms in total. The third-order valence-corrected chi connectivity index (χ3v) is 2.78. The van der Waals surface area contributed by atoms with Crippen LogP contribution in [0.3, 0.4) is 0 Å². The van der Waals surface area contributed by atoms with Crippen LogP contribution in [0.25, 0.3) is 0 Å². The maximum atomic E-state index is 11.7. The van der Waals surface area contributed by atoms with E-state index < -0.39 is 5.97 Å². The predicted molar refractivity (Wildman–Crippen MR) is 71.0 cm³/mol. The number of carboxylic acids is 1. The molecule has 0 aliphatic carbocycles. The van der Waals surface area contributed by atoms with Gasteiger partial charge in [0.2, 0.25) is 5.91 Å². The van der Waals surface area contributed by atoms with E-state index in [1.165, 1.54) is 0 Å². The first-order chi connectivity index (χ1) is 9.04. The molecule has 0 aliphatic heterocycles. The number of ether oxygens (including phenoxy) is 1. The summed E-state index contributed by atoms with van der Waals surface area (Å²) in [5.74, 6) is -0.314. The minimum atomic E-state index is -0.884. The highest BCUT2D eigenvalue weighted by Gasteiger charge is 2.13. The Hall–Kier alpha value is -2.04. The molecule has 0 aliphatic rings. The first kappa shape index (κ1) is 15.0. The van der Waals surface area contributed by atoms with E-state index in [1.807, 2.05) is 31.2 Å². The molecule has 0 unspecified atom stereocenters. The van der Waals surface area contributed by atoms with Gasteiger partial charge in [0.25, 0.3) is 0 Å². The highest BCUT2D eigenvalue weighted by atomic mass is 16.5. The number of carbonyl (C=O) groups is 2. The number of aliphatic carboxylic acids is 1. The van der Waals surface area contributed by atoms with Crippen molar-refractivity contribution in [1.29, 1.82) is 0 Å². The van der Waals surface area contributed by atoms with Crippen LogP contribution in [0, 0.1) is 0 Å². The average Bonchev–Trinajstić information content (AvgIpc) is 2.38. The summed E-state index contributed by atoms with van der Waals surface area (Å²) < 4.78 is 5.23. The van der Waals surface area contributed by atoms with Gasteiger partial charge in [-0.3, -0.25) is 9.59 Å². The molecule has 0 fully saturated rings. The number of amides is 1. The van der Waals surface area contributed by atoms with Crippen LogP contribution in [-0.2, 0) is 9.59 Å². The van der Waals surface area contributed by atoms with Crippen LogP contribution in [-0.4, -0.2) is 24.1 Å². The number of nitrogens with one attached hydrogen (secondary N) is 1. The molecule has 0 aromatic heterocycles. The van der Waals surface area contributed by atoms with Crippen LogP contribution in [0.2, 0.25) is 0 Å². The molecule has 104 valence electrons. The van der Waals surface area contributed by atoms with Gasteiger partial charge in [0, 0.05) is 18.4 Å². The second kappa shape index (κ2) is 7.41. The monoisotopic (exact) mass is 265 g/mol. The second-order valence-electron chi connectivity index (χ2n) is 4.28. The third kappa shape index (κ3) is 4.99. The fourth-order valence-corrected chi connectivity index (χ4v) is 1.82. The Morgan fingerprint density at radius 1 is 1.32 bits per heavy atom. The van der Waals surface area contributed by atoms with Crippen molar-refractivity contribution < 1.29 is 19.4 Å². The van der Waals surface area contributed by atoms with Crippen LogP contribution in [0.5, 0.6) is 5.75 Å². The van der Waals surface area contributed by atoms with Crippen LogP contribution in [0.4, 0.5) is 0 Å². The van der Waals surface area contributed by atoms with Crippen molar-refractivity contribution >= 4 is 11.9 Å². The molecule has 19 heavy (non-hydrogen) atoms. The van der Waals surface area contributed by atoms with Gasteiger partial charge in [-0.2, -0.15) is 0 Å². The van der Waals surface area contributed by atoms with Gasteiger partial charge in [-0.15, -0.1) is 0 Å². The molecule has 0 heterocycles. The third-order valence-electron chi connectivity index (χ3n) is 2.78. The van der Waals surface area contributed by atoms with E-state index >= 15 is 0 Å². The molecule has 0 radical (unpaired) electrons. The van der Waals surface area contributed by atoms with Crippen LogP contribution >= 0.6 is 0 Å². The molecule has 0 spiro atoms. The summed E-state index contributed by atoms with van der Waals surface area (Å²) in [6, 6.07) is 7.30. The molecule has 0 bridgehead atoms. The molecule has 0 saturated carbocycles. The van der Waals surface area contributed by atoms with Crippen molar-refractivity contribution in [3.63, 3.8) is 0 Å². The van der Waals surface area contributed by atoms with E-state index in [4.69, 9.17) is 9.84 Å². The first-order valence-electron chi connectivity index (χ1n) is 6.18. The van der Waals surface area contributed by atoms with Gasteiger partial charge in [-0.05, 0) is 19.4 Å². The van der Waals surface area contributed by atoms with Crippen molar-refractivity contribution in [3.05, 3.63) is 29.8 Å². The molecule has 1 amide bonds. The number of carbonyl (C=O) groups excluding carboxylic acids is 1. The number of benzene rings is 1. The van der Waals surface area contributed by atoms with Gasteiger partial charge in [0.15, 0.2) is 0 Å². The molecule has 5 heteroatoms. The molecule has 1 aromatic carbocycles. The Bertz CT molecular complexity index is 445. The Labute approximate surface area is 112 Å². The van der Waals surface area contributed by atoms with E-state index in [-0.39, 0.29) is 24.8 Å². The second-order valence-corrected chi connectivity index (χ2v) is 4.28. The lowest BCUT2D eigenvalue weighted by atomic mass is 10.1. The fourth-order valence-electron chi connectivity index (χ4n) is 1.82. The molecular weight excluding hydrogens is 246 g/mol. The van der Waals surface area contributed by atoms with E-state index in [9.17, 15) is 9.59 Å². The predicted octanol–water partition coefficient (Wildman–Crippen LogP) is 2.13. The van der Waals surface area contributed by atoms with E-state index in [2.05, 4.69) is 5.32 Å². The number of methoxy groups -OCH3 is 1. The minimum absolute atomic E-state index is 0.0104.